The Morgan fingerprint density at radius 2 is 1.96 bits per heavy atom. The Morgan fingerprint density at radius 3 is 2.63 bits per heavy atom. The van der Waals surface area contributed by atoms with Crippen LogP contribution in [-0.2, 0) is 4.79 Å². The summed E-state index contributed by atoms with van der Waals surface area (Å²) in [5, 5.41) is 10.4. The third-order valence-electron chi connectivity index (χ3n) is 3.83. The number of nitrogens with one attached hydrogen (secondary N) is 1. The maximum atomic E-state index is 13.6. The minimum absolute atomic E-state index is 0.276. The molecule has 6 nitrogen and oxygen atoms in total. The third-order valence-corrected chi connectivity index (χ3v) is 4.76. The minimum Gasteiger partial charge on any atom is -0.497 e. The maximum Gasteiger partial charge on any atom is 0.277 e. The highest BCUT2D eigenvalue weighted by Crippen LogP contribution is 2.27. The largest absolute Gasteiger partial charge is 0.497 e. The third kappa shape index (κ3) is 4.65. The molecule has 27 heavy (non-hydrogen) atoms. The summed E-state index contributed by atoms with van der Waals surface area (Å²) in [5.41, 5.74) is 1.68. The molecule has 1 heterocycles. The zero-order valence-corrected chi connectivity index (χ0v) is 15.8. The van der Waals surface area contributed by atoms with Crippen LogP contribution in [0, 0.1) is 12.7 Å². The maximum absolute atomic E-state index is 13.6. The van der Waals surface area contributed by atoms with Gasteiger partial charge in [0, 0.05) is 11.3 Å². The SMILES string of the molecule is COc1ccc(-c2nnc(S[C@H](C)C(=O)Nc3ccc(C)c(F)c3)o2)cc1. The second-order valence-electron chi connectivity index (χ2n) is 5.81. The molecule has 140 valence electrons. The van der Waals surface area contributed by atoms with Crippen molar-refractivity contribution in [3.05, 3.63) is 53.8 Å². The average molecular weight is 387 g/mol. The van der Waals surface area contributed by atoms with Gasteiger partial charge in [0.05, 0.1) is 12.4 Å². The van der Waals surface area contributed by atoms with Crippen molar-refractivity contribution in [3.8, 4) is 17.2 Å². The van der Waals surface area contributed by atoms with Crippen LogP contribution in [0.2, 0.25) is 0 Å². The molecule has 0 radical (unpaired) electrons. The zero-order valence-electron chi connectivity index (χ0n) is 15.0. The number of methoxy groups -OCH3 is 1. The summed E-state index contributed by atoms with van der Waals surface area (Å²) in [4.78, 5) is 12.3. The van der Waals surface area contributed by atoms with E-state index in [1.54, 1.807) is 45.2 Å². The summed E-state index contributed by atoms with van der Waals surface area (Å²) < 4.78 is 24.3. The van der Waals surface area contributed by atoms with Gasteiger partial charge in [-0.25, -0.2) is 4.39 Å². The van der Waals surface area contributed by atoms with E-state index in [-0.39, 0.29) is 16.9 Å². The van der Waals surface area contributed by atoms with Gasteiger partial charge in [0.25, 0.3) is 5.22 Å². The van der Waals surface area contributed by atoms with Gasteiger partial charge in [-0.2, -0.15) is 0 Å². The molecule has 1 N–H and O–H groups in total. The predicted octanol–water partition coefficient (Wildman–Crippen LogP) is 4.31. The molecule has 2 aromatic carbocycles. The Morgan fingerprint density at radius 1 is 1.22 bits per heavy atom. The highest BCUT2D eigenvalue weighted by atomic mass is 32.2. The Balaban J connectivity index is 1.63. The van der Waals surface area contributed by atoms with Crippen molar-refractivity contribution >= 4 is 23.4 Å². The van der Waals surface area contributed by atoms with Crippen molar-refractivity contribution < 1.29 is 18.3 Å². The van der Waals surface area contributed by atoms with Crippen LogP contribution < -0.4 is 10.1 Å². The molecule has 8 heteroatoms. The van der Waals surface area contributed by atoms with Gasteiger partial charge in [0.2, 0.25) is 11.8 Å². The highest BCUT2D eigenvalue weighted by molar-refractivity contribution is 8.00. The van der Waals surface area contributed by atoms with E-state index in [1.807, 2.05) is 12.1 Å². The van der Waals surface area contributed by atoms with Crippen LogP contribution >= 0.6 is 11.8 Å². The number of aryl methyl sites for hydroxylation is 1. The Bertz CT molecular complexity index is 944. The van der Waals surface area contributed by atoms with E-state index in [2.05, 4.69) is 15.5 Å². The number of hydrogen-bond acceptors (Lipinski definition) is 6. The van der Waals surface area contributed by atoms with Gasteiger partial charge in [-0.3, -0.25) is 4.79 Å². The van der Waals surface area contributed by atoms with Crippen molar-refractivity contribution in [1.29, 1.82) is 0 Å². The number of carbonyl (C=O) groups excluding carboxylic acids is 1. The van der Waals surface area contributed by atoms with Crippen molar-refractivity contribution in [3.63, 3.8) is 0 Å². The van der Waals surface area contributed by atoms with E-state index in [1.165, 1.54) is 6.07 Å². The molecular formula is C19H18FN3O3S. The molecule has 1 aromatic heterocycles. The fourth-order valence-electron chi connectivity index (χ4n) is 2.23. The lowest BCUT2D eigenvalue weighted by Gasteiger charge is -2.10. The normalized spacial score (nSPS) is 11.9. The zero-order chi connectivity index (χ0) is 19.4. The van der Waals surface area contributed by atoms with Crippen LogP contribution in [0.25, 0.3) is 11.5 Å². The van der Waals surface area contributed by atoms with Crippen molar-refractivity contribution in [2.75, 3.05) is 12.4 Å². The van der Waals surface area contributed by atoms with Crippen LogP contribution in [-0.4, -0.2) is 28.5 Å². The van der Waals surface area contributed by atoms with E-state index in [4.69, 9.17) is 9.15 Å². The van der Waals surface area contributed by atoms with Gasteiger partial charge in [-0.05, 0) is 55.8 Å². The number of rotatable bonds is 6. The van der Waals surface area contributed by atoms with E-state index >= 15 is 0 Å². The van der Waals surface area contributed by atoms with Crippen molar-refractivity contribution in [2.45, 2.75) is 24.3 Å². The smallest absolute Gasteiger partial charge is 0.277 e. The van der Waals surface area contributed by atoms with E-state index in [9.17, 15) is 9.18 Å². The van der Waals surface area contributed by atoms with Crippen LogP contribution in [0.15, 0.2) is 52.1 Å². The number of benzene rings is 2. The predicted molar refractivity (Wildman–Crippen MR) is 101 cm³/mol. The minimum atomic E-state index is -0.501. The Kier molecular flexibility index (Phi) is 5.75. The van der Waals surface area contributed by atoms with Crippen molar-refractivity contribution in [2.24, 2.45) is 0 Å². The molecule has 0 aliphatic rings. The van der Waals surface area contributed by atoms with Crippen LogP contribution in [0.5, 0.6) is 5.75 Å². The molecule has 3 aromatic rings. The molecule has 0 aliphatic carbocycles. The van der Waals surface area contributed by atoms with Crippen molar-refractivity contribution in [1.82, 2.24) is 10.2 Å². The summed E-state index contributed by atoms with van der Waals surface area (Å²) in [6.45, 7) is 3.37. The fourth-order valence-corrected chi connectivity index (χ4v) is 2.91. The highest BCUT2D eigenvalue weighted by Gasteiger charge is 2.19. The van der Waals surface area contributed by atoms with Crippen LogP contribution in [0.3, 0.4) is 0 Å². The van der Waals surface area contributed by atoms with E-state index < -0.39 is 5.25 Å². The monoisotopic (exact) mass is 387 g/mol. The summed E-state index contributed by atoms with van der Waals surface area (Å²) in [7, 11) is 1.59. The average Bonchev–Trinajstić information content (AvgIpc) is 3.13. The first kappa shape index (κ1) is 18.9. The quantitative estimate of drug-likeness (QED) is 0.635. The molecule has 3 rings (SSSR count). The summed E-state index contributed by atoms with van der Waals surface area (Å²) >= 11 is 1.13. The lowest BCUT2D eigenvalue weighted by molar-refractivity contribution is -0.115. The first-order valence-electron chi connectivity index (χ1n) is 8.18. The summed E-state index contributed by atoms with van der Waals surface area (Å²) in [5.74, 6) is 0.431. The lowest BCUT2D eigenvalue weighted by Crippen LogP contribution is -2.22. The van der Waals surface area contributed by atoms with Gasteiger partial charge in [-0.1, -0.05) is 17.8 Å². The molecule has 0 fully saturated rings. The number of nitrogens with zero attached hydrogens (tertiary/aromatic N) is 2. The molecular weight excluding hydrogens is 369 g/mol. The van der Waals surface area contributed by atoms with Crippen LogP contribution in [0.1, 0.15) is 12.5 Å². The molecule has 0 spiro atoms. The molecule has 1 atom stereocenters. The molecule has 0 saturated heterocycles. The lowest BCUT2D eigenvalue weighted by atomic mass is 10.2. The standard InChI is InChI=1S/C19H18FN3O3S/c1-11-4-7-14(10-16(11)20)21-17(24)12(2)27-19-23-22-18(26-19)13-5-8-15(25-3)9-6-13/h4-10,12H,1-3H3,(H,21,24)/t12-/m1/s1. The fraction of sp³-hybridized carbons (Fsp3) is 0.211. The van der Waals surface area contributed by atoms with Gasteiger partial charge in [0.15, 0.2) is 0 Å². The first-order valence-corrected chi connectivity index (χ1v) is 9.06. The number of thioether (sulfide) groups is 1. The number of halogens is 1. The summed E-state index contributed by atoms with van der Waals surface area (Å²) in [6, 6.07) is 11.8. The number of hydrogen-bond donors (Lipinski definition) is 1. The molecule has 0 bridgehead atoms. The van der Waals surface area contributed by atoms with Gasteiger partial charge in [0.1, 0.15) is 11.6 Å². The Labute approximate surface area is 160 Å². The van der Waals surface area contributed by atoms with E-state index in [0.717, 1.165) is 23.1 Å². The molecule has 0 aliphatic heterocycles. The number of aromatic nitrogens is 2. The second-order valence-corrected chi connectivity index (χ2v) is 7.11. The summed E-state index contributed by atoms with van der Waals surface area (Å²) in [6.07, 6.45) is 0. The second kappa shape index (κ2) is 8.22. The molecule has 0 saturated carbocycles. The van der Waals surface area contributed by atoms with Gasteiger partial charge >= 0.3 is 0 Å². The molecule has 0 unspecified atom stereocenters. The molecule has 1 amide bonds. The van der Waals surface area contributed by atoms with Gasteiger partial charge in [-0.15, -0.1) is 10.2 Å². The first-order chi connectivity index (χ1) is 13.0. The van der Waals surface area contributed by atoms with Gasteiger partial charge < -0.3 is 14.5 Å². The number of anilines is 1. The topological polar surface area (TPSA) is 77.2 Å². The van der Waals surface area contributed by atoms with Crippen LogP contribution in [0.4, 0.5) is 10.1 Å². The Hall–Kier alpha value is -2.87. The number of ether oxygens (including phenoxy) is 1. The number of carbonyl (C=O) groups is 1. The van der Waals surface area contributed by atoms with E-state index in [0.29, 0.717) is 17.1 Å². The number of amides is 1.